The van der Waals surface area contributed by atoms with Gasteiger partial charge in [-0.05, 0) is 40.8 Å². The van der Waals surface area contributed by atoms with E-state index in [9.17, 15) is 4.79 Å². The summed E-state index contributed by atoms with van der Waals surface area (Å²) in [6, 6.07) is 5.43. The van der Waals surface area contributed by atoms with E-state index in [1.54, 1.807) is 6.07 Å². The first-order chi connectivity index (χ1) is 7.16. The van der Waals surface area contributed by atoms with Crippen molar-refractivity contribution in [1.82, 2.24) is 5.32 Å². The van der Waals surface area contributed by atoms with Crippen LogP contribution in [0.25, 0.3) is 0 Å². The second-order valence-electron chi connectivity index (χ2n) is 3.47. The zero-order valence-corrected chi connectivity index (χ0v) is 10.8. The van der Waals surface area contributed by atoms with Gasteiger partial charge in [0.2, 0.25) is 5.91 Å². The summed E-state index contributed by atoms with van der Waals surface area (Å²) in [5.74, 6) is 0.186. The summed E-state index contributed by atoms with van der Waals surface area (Å²) in [5.41, 5.74) is 0.830. The first-order valence-electron chi connectivity index (χ1n) is 4.63. The van der Waals surface area contributed by atoms with Crippen LogP contribution in [0.5, 0.6) is 0 Å². The smallest absolute Gasteiger partial charge is 0.230 e. The number of amides is 1. The number of halogens is 2. The molecule has 0 bridgehead atoms. The Morgan fingerprint density at radius 3 is 2.80 bits per heavy atom. The molecule has 1 aliphatic rings. The molecule has 1 aliphatic heterocycles. The van der Waals surface area contributed by atoms with Gasteiger partial charge in [0.05, 0.1) is 11.6 Å². The average Bonchev–Trinajstić information content (AvgIpc) is 2.07. The Morgan fingerprint density at radius 1 is 1.53 bits per heavy atom. The van der Waals surface area contributed by atoms with Crippen molar-refractivity contribution in [3.63, 3.8) is 0 Å². The number of carbonyl (C=O) groups is 1. The Balaban J connectivity index is 2.06. The van der Waals surface area contributed by atoms with Crippen LogP contribution in [0.3, 0.4) is 0 Å². The van der Waals surface area contributed by atoms with Crippen molar-refractivity contribution in [2.24, 2.45) is 5.92 Å². The quantitative estimate of drug-likeness (QED) is 0.812. The number of carbonyl (C=O) groups excluding carboxylic acids is 1. The number of benzene rings is 1. The predicted molar refractivity (Wildman–Crippen MR) is 69.2 cm³/mol. The highest BCUT2D eigenvalue weighted by molar-refractivity contribution is 14.1. The molecule has 15 heavy (non-hydrogen) atoms. The standard InChI is InChI=1S/C10H10ClIN2O/c11-7-1-2-9(8(12)3-7)14-10(15)6-4-13-5-6/h1-3,6,13H,4-5H2,(H,14,15). The highest BCUT2D eigenvalue weighted by atomic mass is 127. The van der Waals surface area contributed by atoms with Crippen molar-refractivity contribution in [2.75, 3.05) is 18.4 Å². The lowest BCUT2D eigenvalue weighted by atomic mass is 10.0. The fourth-order valence-electron chi connectivity index (χ4n) is 1.30. The number of hydrogen-bond donors (Lipinski definition) is 2. The van der Waals surface area contributed by atoms with E-state index in [4.69, 9.17) is 11.6 Å². The fraction of sp³-hybridized carbons (Fsp3) is 0.300. The maximum absolute atomic E-state index is 11.6. The fourth-order valence-corrected chi connectivity index (χ4v) is 2.31. The van der Waals surface area contributed by atoms with E-state index in [0.29, 0.717) is 5.02 Å². The van der Waals surface area contributed by atoms with Crippen molar-refractivity contribution in [3.05, 3.63) is 26.8 Å². The van der Waals surface area contributed by atoms with Gasteiger partial charge in [-0.1, -0.05) is 11.6 Å². The molecule has 0 radical (unpaired) electrons. The highest BCUT2D eigenvalue weighted by Crippen LogP contribution is 2.23. The van der Waals surface area contributed by atoms with Crippen molar-refractivity contribution < 1.29 is 4.79 Å². The molecule has 1 aromatic rings. The summed E-state index contributed by atoms with van der Waals surface area (Å²) in [5, 5.41) is 6.65. The van der Waals surface area contributed by atoms with E-state index in [0.717, 1.165) is 22.3 Å². The van der Waals surface area contributed by atoms with Crippen LogP contribution in [0.15, 0.2) is 18.2 Å². The molecule has 0 aliphatic carbocycles. The second-order valence-corrected chi connectivity index (χ2v) is 5.07. The lowest BCUT2D eigenvalue weighted by molar-refractivity contribution is -0.121. The van der Waals surface area contributed by atoms with E-state index >= 15 is 0 Å². The van der Waals surface area contributed by atoms with Crippen molar-refractivity contribution in [1.29, 1.82) is 0 Å². The van der Waals surface area contributed by atoms with Crippen LogP contribution in [0.2, 0.25) is 5.02 Å². The molecule has 80 valence electrons. The minimum atomic E-state index is 0.0778. The van der Waals surface area contributed by atoms with E-state index < -0.39 is 0 Å². The monoisotopic (exact) mass is 336 g/mol. The maximum atomic E-state index is 11.6. The molecule has 0 atom stereocenters. The Bertz CT molecular complexity index is 393. The lowest BCUT2D eigenvalue weighted by Crippen LogP contribution is -2.48. The van der Waals surface area contributed by atoms with E-state index in [1.165, 1.54) is 0 Å². The van der Waals surface area contributed by atoms with Crippen LogP contribution in [-0.2, 0) is 4.79 Å². The van der Waals surface area contributed by atoms with Crippen LogP contribution >= 0.6 is 34.2 Å². The Hall–Kier alpha value is -0.330. The molecule has 1 aromatic carbocycles. The van der Waals surface area contributed by atoms with Gasteiger partial charge in [0.25, 0.3) is 0 Å². The zero-order valence-electron chi connectivity index (χ0n) is 7.89. The molecule has 3 nitrogen and oxygen atoms in total. The summed E-state index contributed by atoms with van der Waals surface area (Å²) >= 11 is 7.99. The Morgan fingerprint density at radius 2 is 2.27 bits per heavy atom. The van der Waals surface area contributed by atoms with Crippen LogP contribution in [0.4, 0.5) is 5.69 Å². The summed E-state index contributed by atoms with van der Waals surface area (Å²) in [7, 11) is 0. The molecular formula is C10H10ClIN2O. The number of anilines is 1. The van der Waals surface area contributed by atoms with Crippen LogP contribution in [0, 0.1) is 9.49 Å². The zero-order chi connectivity index (χ0) is 10.8. The van der Waals surface area contributed by atoms with E-state index in [1.807, 2.05) is 12.1 Å². The molecule has 5 heteroatoms. The third-order valence-corrected chi connectivity index (χ3v) is 3.47. The van der Waals surface area contributed by atoms with Crippen molar-refractivity contribution in [3.8, 4) is 0 Å². The predicted octanol–water partition coefficient (Wildman–Crippen LogP) is 2.10. The minimum absolute atomic E-state index is 0.0778. The van der Waals surface area contributed by atoms with Gasteiger partial charge >= 0.3 is 0 Å². The Kier molecular flexibility index (Phi) is 3.48. The molecule has 1 fully saturated rings. The molecular weight excluding hydrogens is 326 g/mol. The molecule has 1 heterocycles. The third kappa shape index (κ3) is 2.62. The molecule has 2 N–H and O–H groups in total. The topological polar surface area (TPSA) is 41.1 Å². The van der Waals surface area contributed by atoms with Gasteiger partial charge in [0, 0.05) is 21.7 Å². The molecule has 0 aromatic heterocycles. The first kappa shape index (κ1) is 11.2. The van der Waals surface area contributed by atoms with Crippen molar-refractivity contribution in [2.45, 2.75) is 0 Å². The van der Waals surface area contributed by atoms with E-state index in [-0.39, 0.29) is 11.8 Å². The van der Waals surface area contributed by atoms with Crippen LogP contribution in [-0.4, -0.2) is 19.0 Å². The number of rotatable bonds is 2. The summed E-state index contributed by atoms with van der Waals surface area (Å²) < 4.78 is 0.959. The second kappa shape index (κ2) is 4.67. The Labute approximate surface area is 107 Å². The lowest BCUT2D eigenvalue weighted by Gasteiger charge is -2.26. The average molecular weight is 337 g/mol. The van der Waals surface area contributed by atoms with E-state index in [2.05, 4.69) is 33.2 Å². The van der Waals surface area contributed by atoms with Gasteiger partial charge in [-0.2, -0.15) is 0 Å². The minimum Gasteiger partial charge on any atom is -0.325 e. The third-order valence-electron chi connectivity index (χ3n) is 2.34. The normalized spacial score (nSPS) is 15.9. The molecule has 2 rings (SSSR count). The largest absolute Gasteiger partial charge is 0.325 e. The van der Waals surface area contributed by atoms with Crippen molar-refractivity contribution >= 4 is 45.8 Å². The van der Waals surface area contributed by atoms with Crippen LogP contribution in [0.1, 0.15) is 0 Å². The molecule has 1 amide bonds. The maximum Gasteiger partial charge on any atom is 0.230 e. The SMILES string of the molecule is O=C(Nc1ccc(Cl)cc1I)C1CNC1. The number of hydrogen-bond acceptors (Lipinski definition) is 2. The van der Waals surface area contributed by atoms with Gasteiger partial charge < -0.3 is 10.6 Å². The van der Waals surface area contributed by atoms with Crippen LogP contribution < -0.4 is 10.6 Å². The van der Waals surface area contributed by atoms with Gasteiger partial charge in [-0.15, -0.1) is 0 Å². The van der Waals surface area contributed by atoms with Gasteiger partial charge in [-0.3, -0.25) is 4.79 Å². The highest BCUT2D eigenvalue weighted by Gasteiger charge is 2.25. The van der Waals surface area contributed by atoms with Gasteiger partial charge in [0.1, 0.15) is 0 Å². The number of nitrogens with one attached hydrogen (secondary N) is 2. The molecule has 0 saturated carbocycles. The first-order valence-corrected chi connectivity index (χ1v) is 6.09. The van der Waals surface area contributed by atoms with Gasteiger partial charge in [0.15, 0.2) is 0 Å². The van der Waals surface area contributed by atoms with Gasteiger partial charge in [-0.25, -0.2) is 0 Å². The molecule has 0 unspecified atom stereocenters. The summed E-state index contributed by atoms with van der Waals surface area (Å²) in [4.78, 5) is 11.6. The summed E-state index contributed by atoms with van der Waals surface area (Å²) in [6.07, 6.45) is 0. The molecule has 1 saturated heterocycles. The summed E-state index contributed by atoms with van der Waals surface area (Å²) in [6.45, 7) is 1.55. The molecule has 0 spiro atoms.